The Labute approximate surface area is 191 Å². The highest BCUT2D eigenvalue weighted by molar-refractivity contribution is 14.1. The minimum atomic E-state index is -1.32. The van der Waals surface area contributed by atoms with Crippen LogP contribution in [0.2, 0.25) is 0 Å². The number of carbonyl (C=O) groups is 2. The van der Waals surface area contributed by atoms with Gasteiger partial charge in [-0.3, -0.25) is 0 Å². The fraction of sp³-hybridized carbons (Fsp3) is 0.391. The minimum absolute atomic E-state index is 0.112. The Kier molecular flexibility index (Phi) is 8.11. The molecular formula is C23H28INO5. The Morgan fingerprint density at radius 1 is 1.00 bits per heavy atom. The predicted molar refractivity (Wildman–Crippen MR) is 123 cm³/mol. The van der Waals surface area contributed by atoms with Crippen molar-refractivity contribution in [3.05, 3.63) is 63.2 Å². The van der Waals surface area contributed by atoms with Gasteiger partial charge < -0.3 is 19.5 Å². The van der Waals surface area contributed by atoms with E-state index < -0.39 is 23.2 Å². The van der Waals surface area contributed by atoms with E-state index in [0.717, 1.165) is 14.7 Å². The van der Waals surface area contributed by atoms with Crippen molar-refractivity contribution in [1.82, 2.24) is 5.32 Å². The molecule has 1 N–H and O–H groups in total. The summed E-state index contributed by atoms with van der Waals surface area (Å²) in [5.41, 5.74) is -0.330. The van der Waals surface area contributed by atoms with Crippen LogP contribution < -0.4 is 10.1 Å². The van der Waals surface area contributed by atoms with E-state index in [2.05, 4.69) is 27.9 Å². The smallest absolute Gasteiger partial charge is 0.408 e. The average Bonchev–Trinajstić information content (AvgIpc) is 2.66. The molecule has 0 bridgehead atoms. The number of benzene rings is 2. The molecule has 162 valence electrons. The van der Waals surface area contributed by atoms with E-state index in [-0.39, 0.29) is 13.0 Å². The van der Waals surface area contributed by atoms with Crippen LogP contribution >= 0.6 is 22.6 Å². The summed E-state index contributed by atoms with van der Waals surface area (Å²) in [4.78, 5) is 25.5. The molecule has 0 unspecified atom stereocenters. The van der Waals surface area contributed by atoms with E-state index in [9.17, 15) is 9.59 Å². The number of rotatable bonds is 7. The van der Waals surface area contributed by atoms with Crippen molar-refractivity contribution in [2.24, 2.45) is 0 Å². The molecule has 0 saturated carbocycles. The highest BCUT2D eigenvalue weighted by Gasteiger charge is 2.38. The van der Waals surface area contributed by atoms with Crippen molar-refractivity contribution in [2.45, 2.75) is 51.9 Å². The quantitative estimate of drug-likeness (QED) is 0.413. The summed E-state index contributed by atoms with van der Waals surface area (Å²) in [6.07, 6.45) is -0.466. The molecule has 0 aliphatic heterocycles. The number of amides is 1. The highest BCUT2D eigenvalue weighted by atomic mass is 127. The Balaban J connectivity index is 2.24. The molecule has 2 aromatic carbocycles. The first-order valence-electron chi connectivity index (χ1n) is 9.57. The zero-order valence-electron chi connectivity index (χ0n) is 18.0. The first-order chi connectivity index (χ1) is 14.0. The lowest BCUT2D eigenvalue weighted by atomic mass is 9.92. The molecule has 0 saturated heterocycles. The SMILES string of the molecule is COc1cc(C[C@](C)(NC(=O)OC(C)(C)C)C(=O)OCc2ccccc2)ccc1I. The second kappa shape index (κ2) is 10.1. The molecule has 0 aliphatic rings. The first kappa shape index (κ1) is 24.0. The fourth-order valence-electron chi connectivity index (χ4n) is 2.80. The molecule has 1 amide bonds. The molecule has 7 heteroatoms. The lowest BCUT2D eigenvalue weighted by Gasteiger charge is -2.30. The van der Waals surface area contributed by atoms with Crippen LogP contribution in [0.3, 0.4) is 0 Å². The van der Waals surface area contributed by atoms with Gasteiger partial charge in [0.1, 0.15) is 23.5 Å². The molecule has 0 radical (unpaired) electrons. The largest absolute Gasteiger partial charge is 0.496 e. The number of methoxy groups -OCH3 is 1. The lowest BCUT2D eigenvalue weighted by molar-refractivity contribution is -0.152. The number of ether oxygens (including phenoxy) is 3. The van der Waals surface area contributed by atoms with Crippen LogP contribution in [0.5, 0.6) is 5.75 Å². The van der Waals surface area contributed by atoms with E-state index in [1.165, 1.54) is 0 Å². The number of nitrogens with one attached hydrogen (secondary N) is 1. The van der Waals surface area contributed by atoms with Crippen LogP contribution in [0.1, 0.15) is 38.8 Å². The van der Waals surface area contributed by atoms with Crippen molar-refractivity contribution >= 4 is 34.7 Å². The van der Waals surface area contributed by atoms with Gasteiger partial charge in [0.05, 0.1) is 10.7 Å². The Morgan fingerprint density at radius 2 is 1.67 bits per heavy atom. The van der Waals surface area contributed by atoms with Gasteiger partial charge in [0.15, 0.2) is 0 Å². The van der Waals surface area contributed by atoms with Gasteiger partial charge in [0.2, 0.25) is 0 Å². The van der Waals surface area contributed by atoms with Crippen LogP contribution in [-0.2, 0) is 27.3 Å². The number of esters is 1. The third-order valence-electron chi connectivity index (χ3n) is 4.21. The maximum Gasteiger partial charge on any atom is 0.408 e. The van der Waals surface area contributed by atoms with Crippen LogP contribution in [0, 0.1) is 3.57 Å². The standard InChI is InChI=1S/C23H28INO5/c1-22(2,3)30-21(27)25-23(4,14-17-11-12-18(24)19(13-17)28-5)20(26)29-15-16-9-7-6-8-10-16/h6-13H,14-15H2,1-5H3,(H,25,27)/t23-/m0/s1. The third kappa shape index (κ3) is 7.19. The van der Waals surface area contributed by atoms with Gasteiger partial charge in [-0.2, -0.15) is 0 Å². The minimum Gasteiger partial charge on any atom is -0.496 e. The summed E-state index contributed by atoms with van der Waals surface area (Å²) in [5.74, 6) is 0.153. The third-order valence-corrected chi connectivity index (χ3v) is 5.10. The summed E-state index contributed by atoms with van der Waals surface area (Å²) in [6.45, 7) is 7.04. The second-order valence-electron chi connectivity index (χ2n) is 8.17. The number of hydrogen-bond acceptors (Lipinski definition) is 5. The topological polar surface area (TPSA) is 73.9 Å². The molecule has 30 heavy (non-hydrogen) atoms. The molecule has 0 heterocycles. The maximum absolute atomic E-state index is 13.0. The monoisotopic (exact) mass is 525 g/mol. The fourth-order valence-corrected chi connectivity index (χ4v) is 3.36. The first-order valence-corrected chi connectivity index (χ1v) is 10.6. The normalized spacial score (nSPS) is 13.1. The lowest BCUT2D eigenvalue weighted by Crippen LogP contribution is -2.55. The van der Waals surface area contributed by atoms with E-state index >= 15 is 0 Å². The molecule has 0 fully saturated rings. The van der Waals surface area contributed by atoms with Gasteiger partial charge in [-0.25, -0.2) is 9.59 Å². The van der Waals surface area contributed by atoms with Crippen LogP contribution in [0.25, 0.3) is 0 Å². The van der Waals surface area contributed by atoms with Gasteiger partial charge in [-0.15, -0.1) is 0 Å². The van der Waals surface area contributed by atoms with Gasteiger partial charge >= 0.3 is 12.1 Å². The van der Waals surface area contributed by atoms with Gasteiger partial charge in [0, 0.05) is 6.42 Å². The number of alkyl carbamates (subject to hydrolysis) is 1. The van der Waals surface area contributed by atoms with Crippen molar-refractivity contribution in [3.63, 3.8) is 0 Å². The molecule has 0 spiro atoms. The molecule has 0 aromatic heterocycles. The van der Waals surface area contributed by atoms with Gasteiger partial charge in [0.25, 0.3) is 0 Å². The second-order valence-corrected chi connectivity index (χ2v) is 9.33. The van der Waals surface area contributed by atoms with E-state index in [4.69, 9.17) is 14.2 Å². The Morgan fingerprint density at radius 3 is 2.27 bits per heavy atom. The van der Waals surface area contributed by atoms with Crippen molar-refractivity contribution in [1.29, 1.82) is 0 Å². The summed E-state index contributed by atoms with van der Waals surface area (Å²) in [7, 11) is 1.59. The summed E-state index contributed by atoms with van der Waals surface area (Å²) in [5, 5.41) is 2.71. The van der Waals surface area contributed by atoms with Crippen LogP contribution in [0.15, 0.2) is 48.5 Å². The van der Waals surface area contributed by atoms with E-state index in [0.29, 0.717) is 5.75 Å². The summed E-state index contributed by atoms with van der Waals surface area (Å²) >= 11 is 2.18. The van der Waals surface area contributed by atoms with Crippen molar-refractivity contribution in [3.8, 4) is 5.75 Å². The van der Waals surface area contributed by atoms with Crippen molar-refractivity contribution < 1.29 is 23.8 Å². The summed E-state index contributed by atoms with van der Waals surface area (Å²) in [6, 6.07) is 15.0. The van der Waals surface area contributed by atoms with Crippen LogP contribution in [0.4, 0.5) is 4.79 Å². The van der Waals surface area contributed by atoms with E-state index in [1.54, 1.807) is 34.8 Å². The summed E-state index contributed by atoms with van der Waals surface area (Å²) < 4.78 is 17.2. The molecule has 2 rings (SSSR count). The molecule has 2 aromatic rings. The van der Waals surface area contributed by atoms with Crippen LogP contribution in [-0.4, -0.2) is 30.3 Å². The Hall–Kier alpha value is -2.29. The van der Waals surface area contributed by atoms with E-state index in [1.807, 2.05) is 48.5 Å². The predicted octanol–water partition coefficient (Wildman–Crippen LogP) is 4.87. The van der Waals surface area contributed by atoms with Gasteiger partial charge in [-0.05, 0) is 73.5 Å². The molecule has 6 nitrogen and oxygen atoms in total. The van der Waals surface area contributed by atoms with Crippen molar-refractivity contribution in [2.75, 3.05) is 7.11 Å². The zero-order chi connectivity index (χ0) is 22.4. The number of hydrogen-bond donors (Lipinski definition) is 1. The molecule has 1 atom stereocenters. The molecular weight excluding hydrogens is 497 g/mol. The number of halogens is 1. The Bertz CT molecular complexity index is 879. The maximum atomic E-state index is 13.0. The zero-order valence-corrected chi connectivity index (χ0v) is 20.1. The highest BCUT2D eigenvalue weighted by Crippen LogP contribution is 2.25. The average molecular weight is 525 g/mol. The van der Waals surface area contributed by atoms with Gasteiger partial charge in [-0.1, -0.05) is 36.4 Å². The number of carbonyl (C=O) groups excluding carboxylic acids is 2. The molecule has 0 aliphatic carbocycles.